The molecule has 0 bridgehead atoms. The molecule has 1 atom stereocenters. The normalized spacial score (nSPS) is 18.3. The van der Waals surface area contributed by atoms with Crippen LogP contribution in [0, 0.1) is 13.8 Å². The quantitative estimate of drug-likeness (QED) is 0.204. The fourth-order valence-electron chi connectivity index (χ4n) is 6.20. The molecule has 5 aromatic carbocycles. The predicted octanol–water partition coefficient (Wildman–Crippen LogP) is 8.27. The average Bonchev–Trinajstić information content (AvgIpc) is 2.94. The maximum atomic E-state index is 6.63. The lowest BCUT2D eigenvalue weighted by atomic mass is 9.72. The second-order valence-corrected chi connectivity index (χ2v) is 15.5. The number of hydrogen-bond donors (Lipinski definition) is 0. The summed E-state index contributed by atoms with van der Waals surface area (Å²) in [5.41, 5.74) is 8.59. The Kier molecular flexibility index (Phi) is 5.43. The summed E-state index contributed by atoms with van der Waals surface area (Å²) in [7, 11) is 0. The largest absolute Gasteiger partial charge is 0.456 e. The minimum atomic E-state index is -2.28. The lowest BCUT2D eigenvalue weighted by Crippen LogP contribution is -2.32. The lowest BCUT2D eigenvalue weighted by Gasteiger charge is -2.42. The van der Waals surface area contributed by atoms with Crippen LogP contribution in [0.2, 0.25) is 0 Å². The number of rotatable bonds is 2. The number of ether oxygens (including phenoxy) is 1. The van der Waals surface area contributed by atoms with Gasteiger partial charge in [0.05, 0.1) is 11.4 Å². The van der Waals surface area contributed by atoms with Crippen LogP contribution in [0.4, 0.5) is 17.1 Å². The summed E-state index contributed by atoms with van der Waals surface area (Å²) in [6.07, 6.45) is 0. The number of nitrogens with zero attached hydrogens (tertiary/aromatic N) is 1. The molecule has 2 nitrogen and oxygen atoms in total. The second kappa shape index (κ2) is 8.68. The van der Waals surface area contributed by atoms with E-state index in [1.165, 1.54) is 38.9 Å². The third-order valence-corrected chi connectivity index (χ3v) is 13.2. The van der Waals surface area contributed by atoms with E-state index in [1.807, 2.05) is 6.07 Å². The van der Waals surface area contributed by atoms with Gasteiger partial charge in [0.1, 0.15) is 11.5 Å². The first-order chi connectivity index (χ1) is 18.8. The van der Waals surface area contributed by atoms with Crippen molar-refractivity contribution in [2.75, 3.05) is 4.90 Å². The number of anilines is 3. The maximum Gasteiger partial charge on any atom is 0.138 e. The average molecular weight is 544 g/mol. The minimum Gasteiger partial charge on any atom is -0.456 e. The van der Waals surface area contributed by atoms with E-state index < -0.39 is 6.04 Å². The van der Waals surface area contributed by atoms with Crippen molar-refractivity contribution in [2.24, 2.45) is 0 Å². The molecule has 4 heteroatoms. The van der Waals surface area contributed by atoms with Gasteiger partial charge >= 0.3 is 0 Å². The van der Waals surface area contributed by atoms with Gasteiger partial charge in [0, 0.05) is 33.8 Å². The molecular formula is C35H30NOPS. The van der Waals surface area contributed by atoms with Crippen LogP contribution < -0.4 is 25.6 Å². The summed E-state index contributed by atoms with van der Waals surface area (Å²) in [6.45, 7) is 9.02. The predicted molar refractivity (Wildman–Crippen MR) is 169 cm³/mol. The first kappa shape index (κ1) is 24.4. The summed E-state index contributed by atoms with van der Waals surface area (Å²) < 4.78 is 6.62. The summed E-state index contributed by atoms with van der Waals surface area (Å²) in [6, 6.07) is 36.8. The van der Waals surface area contributed by atoms with E-state index >= 15 is 0 Å². The zero-order valence-corrected chi connectivity index (χ0v) is 24.3. The number of hydrogen-bond acceptors (Lipinski definition) is 3. The first-order valence-electron chi connectivity index (χ1n) is 13.4. The summed E-state index contributed by atoms with van der Waals surface area (Å²) in [5, 5.41) is 3.41. The molecule has 192 valence electrons. The van der Waals surface area contributed by atoms with E-state index in [1.54, 1.807) is 0 Å². The molecule has 0 aliphatic carbocycles. The summed E-state index contributed by atoms with van der Waals surface area (Å²) >= 11 is 6.63. The Hall–Kier alpha value is -3.65. The van der Waals surface area contributed by atoms with Crippen LogP contribution in [0.3, 0.4) is 0 Å². The van der Waals surface area contributed by atoms with Gasteiger partial charge in [-0.1, -0.05) is 104 Å². The van der Waals surface area contributed by atoms with Crippen LogP contribution in [0.1, 0.15) is 36.1 Å². The Morgan fingerprint density at radius 2 is 1.23 bits per heavy atom. The molecule has 0 saturated heterocycles. The van der Waals surface area contributed by atoms with Gasteiger partial charge in [-0.2, -0.15) is 0 Å². The molecule has 0 fully saturated rings. The highest BCUT2D eigenvalue weighted by molar-refractivity contribution is 8.25. The molecule has 2 aliphatic rings. The van der Waals surface area contributed by atoms with Crippen molar-refractivity contribution in [3.05, 3.63) is 131 Å². The highest BCUT2D eigenvalue weighted by Gasteiger charge is 2.39. The Morgan fingerprint density at radius 3 is 1.90 bits per heavy atom. The van der Waals surface area contributed by atoms with Gasteiger partial charge in [0.2, 0.25) is 0 Å². The van der Waals surface area contributed by atoms with Crippen LogP contribution in [0.5, 0.6) is 11.5 Å². The number of benzene rings is 5. The second-order valence-electron chi connectivity index (χ2n) is 11.2. The van der Waals surface area contributed by atoms with Gasteiger partial charge < -0.3 is 9.64 Å². The van der Waals surface area contributed by atoms with Crippen molar-refractivity contribution in [3.63, 3.8) is 0 Å². The number of fused-ring (bicyclic) bond motifs is 4. The fraction of sp³-hybridized carbons (Fsp3) is 0.143. The van der Waals surface area contributed by atoms with E-state index in [0.717, 1.165) is 27.8 Å². The Labute approximate surface area is 235 Å². The zero-order valence-electron chi connectivity index (χ0n) is 22.6. The molecule has 1 unspecified atom stereocenters. The van der Waals surface area contributed by atoms with E-state index in [-0.39, 0.29) is 5.41 Å². The van der Waals surface area contributed by atoms with E-state index in [2.05, 4.69) is 136 Å². The molecule has 0 N–H and O–H groups in total. The molecule has 5 aromatic rings. The molecule has 0 spiro atoms. The first-order valence-corrected chi connectivity index (χ1v) is 16.2. The van der Waals surface area contributed by atoms with Crippen molar-refractivity contribution < 1.29 is 4.74 Å². The van der Waals surface area contributed by atoms with Crippen LogP contribution in [0.25, 0.3) is 0 Å². The van der Waals surface area contributed by atoms with Crippen molar-refractivity contribution in [3.8, 4) is 11.5 Å². The highest BCUT2D eigenvalue weighted by atomic mass is 32.4. The highest BCUT2D eigenvalue weighted by Crippen LogP contribution is 2.55. The van der Waals surface area contributed by atoms with E-state index in [0.29, 0.717) is 0 Å². The van der Waals surface area contributed by atoms with E-state index in [9.17, 15) is 0 Å². The van der Waals surface area contributed by atoms with Gasteiger partial charge in [-0.15, -0.1) is 0 Å². The van der Waals surface area contributed by atoms with Crippen LogP contribution in [0.15, 0.2) is 109 Å². The lowest BCUT2D eigenvalue weighted by molar-refractivity contribution is 0.488. The van der Waals surface area contributed by atoms with Gasteiger partial charge in [0.15, 0.2) is 0 Å². The third kappa shape index (κ3) is 3.57. The Morgan fingerprint density at radius 1 is 0.641 bits per heavy atom. The molecule has 2 heterocycles. The summed E-state index contributed by atoms with van der Waals surface area (Å²) in [4.78, 5) is 2.39. The molecule has 0 amide bonds. The smallest absolute Gasteiger partial charge is 0.138 e. The topological polar surface area (TPSA) is 12.5 Å². The monoisotopic (exact) mass is 543 g/mol. The molecule has 0 saturated carbocycles. The summed E-state index contributed by atoms with van der Waals surface area (Å²) in [5.74, 6) is 1.71. The Bertz CT molecular complexity index is 1770. The van der Waals surface area contributed by atoms with Gasteiger partial charge in [0.25, 0.3) is 0 Å². The molecular weight excluding hydrogens is 513 g/mol. The van der Waals surface area contributed by atoms with Crippen molar-refractivity contribution in [1.82, 2.24) is 0 Å². The third-order valence-electron chi connectivity index (χ3n) is 8.22. The van der Waals surface area contributed by atoms with E-state index in [4.69, 9.17) is 16.5 Å². The fourth-order valence-corrected chi connectivity index (χ4v) is 10.3. The van der Waals surface area contributed by atoms with Crippen LogP contribution in [-0.2, 0) is 17.2 Å². The number of para-hydroxylation sites is 1. The zero-order chi connectivity index (χ0) is 26.9. The van der Waals surface area contributed by atoms with Crippen molar-refractivity contribution >= 4 is 50.8 Å². The van der Waals surface area contributed by atoms with Crippen LogP contribution >= 0.6 is 6.04 Å². The van der Waals surface area contributed by atoms with Crippen LogP contribution in [-0.4, -0.2) is 0 Å². The van der Waals surface area contributed by atoms with Crippen molar-refractivity contribution in [2.45, 2.75) is 33.1 Å². The molecule has 0 radical (unpaired) electrons. The minimum absolute atomic E-state index is 0.114. The van der Waals surface area contributed by atoms with Gasteiger partial charge in [-0.05, 0) is 66.7 Å². The molecule has 39 heavy (non-hydrogen) atoms. The molecule has 7 rings (SSSR count). The number of aryl methyl sites for hydroxylation is 2. The van der Waals surface area contributed by atoms with Crippen molar-refractivity contribution in [1.29, 1.82) is 0 Å². The SMILES string of the molecule is Cc1ccc2c(c1)C(C)(C)c1cc(C)ccc1N2c1ccc2c(c1)Oc1ccccc1P2(=S)c1ccccc1. The van der Waals surface area contributed by atoms with Gasteiger partial charge in [-0.25, -0.2) is 0 Å². The standard InChI is InChI=1S/C35H30NOPS/c1-23-14-17-29-27(20-23)35(3,4)28-21-24(2)15-18-30(28)36(29)25-16-19-34-32(22-25)37-31-12-8-9-13-33(31)38(34,39)26-10-6-5-7-11-26/h5-22H,1-4H3. The molecule has 0 aromatic heterocycles. The maximum absolute atomic E-state index is 6.63. The molecule has 2 aliphatic heterocycles. The Balaban J connectivity index is 1.47. The van der Waals surface area contributed by atoms with Gasteiger partial charge in [-0.3, -0.25) is 0 Å².